The van der Waals surface area contributed by atoms with Crippen LogP contribution in [0.1, 0.15) is 4.88 Å². The van der Waals surface area contributed by atoms with Crippen molar-refractivity contribution >= 4 is 34.1 Å². The molecule has 2 heteroatoms. The topological polar surface area (TPSA) is 0 Å². The van der Waals surface area contributed by atoms with Crippen molar-refractivity contribution in [3.8, 4) is 0 Å². The Balaban J connectivity index is 2.47. The van der Waals surface area contributed by atoms with E-state index in [4.69, 9.17) is 0 Å². The molecular formula is C10H10S2. The molecular weight excluding hydrogens is 184 g/mol. The van der Waals surface area contributed by atoms with Gasteiger partial charge in [-0.15, -0.1) is 11.3 Å². The molecule has 0 saturated carbocycles. The van der Waals surface area contributed by atoms with Crippen LogP contribution in [0.15, 0.2) is 30.3 Å². The maximum Gasteiger partial charge on any atom is 0.0345 e. The molecule has 0 aliphatic heterocycles. The Kier molecular flexibility index (Phi) is 2.38. The van der Waals surface area contributed by atoms with Crippen LogP contribution in [0, 0.1) is 0 Å². The fourth-order valence-corrected chi connectivity index (χ4v) is 2.73. The summed E-state index contributed by atoms with van der Waals surface area (Å²) in [4.78, 5) is 1.44. The lowest BCUT2D eigenvalue weighted by molar-refractivity contribution is 1.22. The second-order valence-corrected chi connectivity index (χ2v) is 4.34. The number of thiophene rings is 1. The Labute approximate surface area is 81.6 Å². The Morgan fingerprint density at radius 1 is 1.25 bits per heavy atom. The van der Waals surface area contributed by atoms with Crippen molar-refractivity contribution in [2.45, 2.75) is 6.42 Å². The molecule has 0 saturated heterocycles. The van der Waals surface area contributed by atoms with E-state index in [9.17, 15) is 0 Å². The van der Waals surface area contributed by atoms with E-state index < -0.39 is 0 Å². The second-order valence-electron chi connectivity index (χ2n) is 2.72. The van der Waals surface area contributed by atoms with E-state index >= 15 is 0 Å². The molecule has 62 valence electrons. The van der Waals surface area contributed by atoms with Crippen molar-refractivity contribution in [1.29, 1.82) is 0 Å². The van der Waals surface area contributed by atoms with Gasteiger partial charge < -0.3 is 0 Å². The Morgan fingerprint density at radius 2 is 2.08 bits per heavy atom. The zero-order valence-electron chi connectivity index (χ0n) is 6.66. The Hall–Kier alpha value is -0.470. The SMILES string of the molecule is SCCc1cc2ccccc2s1. The number of fused-ring (bicyclic) bond motifs is 1. The van der Waals surface area contributed by atoms with Crippen LogP contribution in [0.4, 0.5) is 0 Å². The first-order valence-corrected chi connectivity index (χ1v) is 5.43. The van der Waals surface area contributed by atoms with E-state index in [0.29, 0.717) is 0 Å². The van der Waals surface area contributed by atoms with Gasteiger partial charge >= 0.3 is 0 Å². The van der Waals surface area contributed by atoms with Gasteiger partial charge in [-0.2, -0.15) is 12.6 Å². The number of hydrogen-bond acceptors (Lipinski definition) is 2. The van der Waals surface area contributed by atoms with E-state index in [1.165, 1.54) is 15.0 Å². The van der Waals surface area contributed by atoms with E-state index in [-0.39, 0.29) is 0 Å². The molecule has 2 rings (SSSR count). The Morgan fingerprint density at radius 3 is 2.83 bits per heavy atom. The van der Waals surface area contributed by atoms with E-state index in [2.05, 4.69) is 43.0 Å². The van der Waals surface area contributed by atoms with Gasteiger partial charge in [-0.3, -0.25) is 0 Å². The summed E-state index contributed by atoms with van der Waals surface area (Å²) in [6.07, 6.45) is 1.09. The molecule has 0 nitrogen and oxygen atoms in total. The summed E-state index contributed by atoms with van der Waals surface area (Å²) in [6.45, 7) is 0. The molecule has 1 aromatic carbocycles. The lowest BCUT2D eigenvalue weighted by Gasteiger charge is -1.85. The molecule has 0 aliphatic rings. The highest BCUT2D eigenvalue weighted by Crippen LogP contribution is 2.25. The van der Waals surface area contributed by atoms with Crippen LogP contribution in [0.25, 0.3) is 10.1 Å². The molecule has 0 bridgehead atoms. The standard InChI is InChI=1S/C10H10S2/c11-6-5-9-7-8-3-1-2-4-10(8)12-9/h1-4,7,11H,5-6H2. The zero-order chi connectivity index (χ0) is 8.39. The van der Waals surface area contributed by atoms with Crippen molar-refractivity contribution in [1.82, 2.24) is 0 Å². The van der Waals surface area contributed by atoms with Crippen LogP contribution in [0.5, 0.6) is 0 Å². The first kappa shape index (κ1) is 8.14. The summed E-state index contributed by atoms with van der Waals surface area (Å²) in [5.41, 5.74) is 0. The second kappa shape index (κ2) is 3.50. The van der Waals surface area contributed by atoms with Crippen molar-refractivity contribution in [2.75, 3.05) is 5.75 Å². The average Bonchev–Trinajstić information content (AvgIpc) is 2.47. The highest BCUT2D eigenvalue weighted by atomic mass is 32.1. The highest BCUT2D eigenvalue weighted by molar-refractivity contribution is 7.80. The third kappa shape index (κ3) is 1.50. The predicted octanol–water partition coefficient (Wildman–Crippen LogP) is 3.37. The summed E-state index contributed by atoms with van der Waals surface area (Å²) < 4.78 is 1.38. The van der Waals surface area contributed by atoms with Crippen LogP contribution < -0.4 is 0 Å². The van der Waals surface area contributed by atoms with Crippen molar-refractivity contribution < 1.29 is 0 Å². The van der Waals surface area contributed by atoms with E-state index in [0.717, 1.165) is 12.2 Å². The van der Waals surface area contributed by atoms with Crippen LogP contribution in [-0.4, -0.2) is 5.75 Å². The zero-order valence-corrected chi connectivity index (χ0v) is 8.37. The van der Waals surface area contributed by atoms with Crippen molar-refractivity contribution in [3.63, 3.8) is 0 Å². The summed E-state index contributed by atoms with van der Waals surface area (Å²) in [6, 6.07) is 10.8. The first-order valence-electron chi connectivity index (χ1n) is 3.98. The average molecular weight is 194 g/mol. The van der Waals surface area contributed by atoms with Crippen LogP contribution in [-0.2, 0) is 6.42 Å². The molecule has 0 spiro atoms. The van der Waals surface area contributed by atoms with Gasteiger partial charge in [0.25, 0.3) is 0 Å². The minimum Gasteiger partial charge on any atom is -0.179 e. The molecule has 0 N–H and O–H groups in total. The summed E-state index contributed by atoms with van der Waals surface area (Å²) >= 11 is 6.09. The van der Waals surface area contributed by atoms with Crippen LogP contribution in [0.2, 0.25) is 0 Å². The van der Waals surface area contributed by atoms with Crippen molar-refractivity contribution in [2.24, 2.45) is 0 Å². The van der Waals surface area contributed by atoms with Gasteiger partial charge in [0, 0.05) is 9.58 Å². The van der Waals surface area contributed by atoms with Gasteiger partial charge in [0.1, 0.15) is 0 Å². The minimum absolute atomic E-state index is 0.937. The third-order valence-electron chi connectivity index (χ3n) is 1.83. The minimum atomic E-state index is 0.937. The number of benzene rings is 1. The molecule has 0 atom stereocenters. The molecule has 0 fully saturated rings. The molecule has 12 heavy (non-hydrogen) atoms. The molecule has 1 aromatic heterocycles. The predicted molar refractivity (Wildman–Crippen MR) is 59.4 cm³/mol. The maximum atomic E-state index is 4.22. The van der Waals surface area contributed by atoms with Gasteiger partial charge in [-0.25, -0.2) is 0 Å². The lowest BCUT2D eigenvalue weighted by atomic mass is 10.2. The summed E-state index contributed by atoms with van der Waals surface area (Å²) in [7, 11) is 0. The van der Waals surface area contributed by atoms with E-state index in [1.54, 1.807) is 0 Å². The highest BCUT2D eigenvalue weighted by Gasteiger charge is 1.98. The quantitative estimate of drug-likeness (QED) is 0.696. The fourth-order valence-electron chi connectivity index (χ4n) is 1.27. The van der Waals surface area contributed by atoms with Crippen LogP contribution >= 0.6 is 24.0 Å². The third-order valence-corrected chi connectivity index (χ3v) is 3.23. The number of rotatable bonds is 2. The Bertz CT molecular complexity index is 343. The van der Waals surface area contributed by atoms with Gasteiger partial charge in [-0.05, 0) is 29.7 Å². The smallest absolute Gasteiger partial charge is 0.0345 e. The van der Waals surface area contributed by atoms with E-state index in [1.807, 2.05) is 11.3 Å². The number of thiol groups is 1. The number of aryl methyl sites for hydroxylation is 1. The molecule has 1 heterocycles. The van der Waals surface area contributed by atoms with Gasteiger partial charge in [0.15, 0.2) is 0 Å². The first-order chi connectivity index (χ1) is 5.90. The molecule has 2 aromatic rings. The van der Waals surface area contributed by atoms with Gasteiger partial charge in [-0.1, -0.05) is 18.2 Å². The molecule has 0 unspecified atom stereocenters. The van der Waals surface area contributed by atoms with Crippen molar-refractivity contribution in [3.05, 3.63) is 35.2 Å². The molecule has 0 amide bonds. The lowest BCUT2D eigenvalue weighted by Crippen LogP contribution is -1.77. The molecule has 0 aliphatic carbocycles. The maximum absolute atomic E-state index is 4.22. The molecule has 0 radical (unpaired) electrons. The van der Waals surface area contributed by atoms with Crippen LogP contribution in [0.3, 0.4) is 0 Å². The summed E-state index contributed by atoms with van der Waals surface area (Å²) in [5, 5.41) is 1.36. The van der Waals surface area contributed by atoms with Gasteiger partial charge in [0.2, 0.25) is 0 Å². The van der Waals surface area contributed by atoms with Gasteiger partial charge in [0.05, 0.1) is 0 Å². The monoisotopic (exact) mass is 194 g/mol. The fraction of sp³-hybridized carbons (Fsp3) is 0.200. The largest absolute Gasteiger partial charge is 0.179 e. The number of hydrogen-bond donors (Lipinski definition) is 1. The summed E-state index contributed by atoms with van der Waals surface area (Å²) in [5.74, 6) is 0.937. The normalized spacial score (nSPS) is 10.8.